The number of aliphatic imine (C=N–C) groups is 1. The Kier molecular flexibility index (Phi) is 7.78. The molecule has 8 heteroatoms. The van der Waals surface area contributed by atoms with Crippen molar-refractivity contribution in [1.29, 1.82) is 0 Å². The van der Waals surface area contributed by atoms with Gasteiger partial charge in [-0.2, -0.15) is 0 Å². The van der Waals surface area contributed by atoms with E-state index >= 15 is 0 Å². The van der Waals surface area contributed by atoms with Gasteiger partial charge in [0.1, 0.15) is 0 Å². The number of amides is 1. The van der Waals surface area contributed by atoms with Crippen molar-refractivity contribution in [3.63, 3.8) is 0 Å². The minimum atomic E-state index is 0. The first-order valence-corrected chi connectivity index (χ1v) is 9.90. The molecule has 1 amide bonds. The van der Waals surface area contributed by atoms with Crippen molar-refractivity contribution in [2.24, 2.45) is 4.99 Å². The van der Waals surface area contributed by atoms with Crippen molar-refractivity contribution in [3.05, 3.63) is 59.2 Å². The second-order valence-electron chi connectivity index (χ2n) is 7.16. The molecule has 160 valence electrons. The molecule has 7 nitrogen and oxygen atoms in total. The van der Waals surface area contributed by atoms with Gasteiger partial charge in [0.15, 0.2) is 17.5 Å². The molecule has 4 rings (SSSR count). The van der Waals surface area contributed by atoms with E-state index in [9.17, 15) is 4.79 Å². The molecule has 2 aromatic rings. The molecule has 0 spiro atoms. The van der Waals surface area contributed by atoms with E-state index in [0.717, 1.165) is 36.6 Å². The maximum atomic E-state index is 12.5. The summed E-state index contributed by atoms with van der Waals surface area (Å²) >= 11 is 0. The molecule has 2 N–H and O–H groups in total. The molecule has 0 unspecified atom stereocenters. The summed E-state index contributed by atoms with van der Waals surface area (Å²) in [7, 11) is 1.74. The molecule has 2 aromatic carbocycles. The summed E-state index contributed by atoms with van der Waals surface area (Å²) in [6.45, 7) is 3.04. The van der Waals surface area contributed by atoms with E-state index in [1.165, 1.54) is 11.1 Å². The molecule has 0 aromatic heterocycles. The molecule has 0 atom stereocenters. The van der Waals surface area contributed by atoms with Gasteiger partial charge in [-0.25, -0.2) is 0 Å². The maximum Gasteiger partial charge on any atom is 0.231 e. The number of benzene rings is 2. The van der Waals surface area contributed by atoms with E-state index in [0.29, 0.717) is 25.5 Å². The number of hydrogen-bond donors (Lipinski definition) is 2. The fraction of sp³-hybridized carbons (Fsp3) is 0.364. The van der Waals surface area contributed by atoms with Gasteiger partial charge in [0.2, 0.25) is 12.7 Å². The summed E-state index contributed by atoms with van der Waals surface area (Å²) in [5, 5.41) is 6.55. The van der Waals surface area contributed by atoms with E-state index in [1.54, 1.807) is 7.05 Å². The van der Waals surface area contributed by atoms with Gasteiger partial charge in [-0.15, -0.1) is 24.0 Å². The third-order valence-corrected chi connectivity index (χ3v) is 5.17. The van der Waals surface area contributed by atoms with Crippen LogP contribution in [0.25, 0.3) is 0 Å². The summed E-state index contributed by atoms with van der Waals surface area (Å²) in [6.07, 6.45) is 1.29. The van der Waals surface area contributed by atoms with E-state index in [1.807, 2.05) is 35.2 Å². The lowest BCUT2D eigenvalue weighted by Gasteiger charge is -2.16. The lowest BCUT2D eigenvalue weighted by atomic mass is 10.1. The molecule has 0 saturated heterocycles. The van der Waals surface area contributed by atoms with Crippen molar-refractivity contribution in [2.45, 2.75) is 32.5 Å². The Hall–Kier alpha value is -2.49. The lowest BCUT2D eigenvalue weighted by Crippen LogP contribution is -2.37. The van der Waals surface area contributed by atoms with Crippen LogP contribution in [0.4, 0.5) is 0 Å². The van der Waals surface area contributed by atoms with E-state index < -0.39 is 0 Å². The number of hydrogen-bond acceptors (Lipinski definition) is 4. The van der Waals surface area contributed by atoms with Gasteiger partial charge >= 0.3 is 0 Å². The fourth-order valence-electron chi connectivity index (χ4n) is 3.57. The fourth-order valence-corrected chi connectivity index (χ4v) is 3.57. The number of nitrogens with one attached hydrogen (secondary N) is 2. The zero-order chi connectivity index (χ0) is 20.1. The lowest BCUT2D eigenvalue weighted by molar-refractivity contribution is -0.131. The van der Waals surface area contributed by atoms with Crippen LogP contribution in [-0.4, -0.2) is 37.2 Å². The molecule has 0 bridgehead atoms. The Bertz CT molecular complexity index is 894. The molecule has 0 aliphatic carbocycles. The Balaban J connectivity index is 0.00000256. The molecule has 0 radical (unpaired) electrons. The van der Waals surface area contributed by atoms with Gasteiger partial charge < -0.3 is 25.0 Å². The second-order valence-corrected chi connectivity index (χ2v) is 7.16. The van der Waals surface area contributed by atoms with E-state index in [-0.39, 0.29) is 36.7 Å². The largest absolute Gasteiger partial charge is 0.454 e. The predicted molar refractivity (Wildman–Crippen MR) is 126 cm³/mol. The minimum Gasteiger partial charge on any atom is -0.454 e. The van der Waals surface area contributed by atoms with Crippen LogP contribution in [0.2, 0.25) is 0 Å². The van der Waals surface area contributed by atoms with Gasteiger partial charge in [0.05, 0.1) is 0 Å². The van der Waals surface area contributed by atoms with Crippen molar-refractivity contribution < 1.29 is 14.3 Å². The Morgan fingerprint density at radius 3 is 2.53 bits per heavy atom. The SMILES string of the molecule is CN=C(NCCCC(=O)N1Cc2ccccc2C1)NCc1ccc2c(c1)OCO2.I. The monoisotopic (exact) mass is 522 g/mol. The minimum absolute atomic E-state index is 0. The highest BCUT2D eigenvalue weighted by Crippen LogP contribution is 2.32. The Morgan fingerprint density at radius 1 is 1.07 bits per heavy atom. The summed E-state index contributed by atoms with van der Waals surface area (Å²) < 4.78 is 10.7. The number of fused-ring (bicyclic) bond motifs is 2. The topological polar surface area (TPSA) is 75.2 Å². The second kappa shape index (κ2) is 10.5. The third-order valence-electron chi connectivity index (χ3n) is 5.17. The first kappa shape index (κ1) is 22.2. The van der Waals surface area contributed by atoms with Crippen LogP contribution in [0.5, 0.6) is 11.5 Å². The van der Waals surface area contributed by atoms with Gasteiger partial charge in [-0.3, -0.25) is 9.79 Å². The molecule has 2 aliphatic heterocycles. The number of carbonyl (C=O) groups is 1. The van der Waals surface area contributed by atoms with Crippen LogP contribution >= 0.6 is 24.0 Å². The van der Waals surface area contributed by atoms with Gasteiger partial charge in [0, 0.05) is 39.6 Å². The first-order valence-electron chi connectivity index (χ1n) is 9.90. The number of guanidine groups is 1. The van der Waals surface area contributed by atoms with Crippen molar-refractivity contribution in [3.8, 4) is 11.5 Å². The van der Waals surface area contributed by atoms with Crippen LogP contribution in [0.3, 0.4) is 0 Å². The normalized spacial score (nSPS) is 14.2. The highest BCUT2D eigenvalue weighted by atomic mass is 127. The summed E-state index contributed by atoms with van der Waals surface area (Å²) in [6, 6.07) is 14.1. The average Bonchev–Trinajstić information content (AvgIpc) is 3.39. The Morgan fingerprint density at radius 2 is 1.80 bits per heavy atom. The maximum absolute atomic E-state index is 12.5. The van der Waals surface area contributed by atoms with Gasteiger partial charge in [-0.1, -0.05) is 30.3 Å². The third kappa shape index (κ3) is 5.35. The van der Waals surface area contributed by atoms with E-state index in [4.69, 9.17) is 9.47 Å². The standard InChI is InChI=1S/C22H26N4O3.HI/c1-23-22(25-12-16-8-9-19-20(11-16)29-15-28-19)24-10-4-7-21(27)26-13-17-5-2-3-6-18(17)14-26;/h2-3,5-6,8-9,11H,4,7,10,12-15H2,1H3,(H2,23,24,25);1H. The highest BCUT2D eigenvalue weighted by Gasteiger charge is 2.22. The summed E-state index contributed by atoms with van der Waals surface area (Å²) in [5.74, 6) is 2.46. The van der Waals surface area contributed by atoms with Crippen LogP contribution in [-0.2, 0) is 24.4 Å². The molecular weight excluding hydrogens is 495 g/mol. The van der Waals surface area contributed by atoms with Crippen molar-refractivity contribution >= 4 is 35.8 Å². The average molecular weight is 522 g/mol. The van der Waals surface area contributed by atoms with Crippen LogP contribution in [0.15, 0.2) is 47.5 Å². The smallest absolute Gasteiger partial charge is 0.231 e. The molecule has 2 heterocycles. The number of halogens is 1. The first-order chi connectivity index (χ1) is 14.2. The molecule has 0 saturated carbocycles. The van der Waals surface area contributed by atoms with Crippen molar-refractivity contribution in [1.82, 2.24) is 15.5 Å². The quantitative estimate of drug-likeness (QED) is 0.264. The molecule has 2 aliphatic rings. The van der Waals surface area contributed by atoms with E-state index in [2.05, 4.69) is 27.8 Å². The summed E-state index contributed by atoms with van der Waals surface area (Å²) in [4.78, 5) is 18.6. The predicted octanol–water partition coefficient (Wildman–Crippen LogP) is 3.02. The van der Waals surface area contributed by atoms with Crippen LogP contribution in [0.1, 0.15) is 29.5 Å². The molecule has 30 heavy (non-hydrogen) atoms. The van der Waals surface area contributed by atoms with Crippen LogP contribution in [0, 0.1) is 0 Å². The number of rotatable bonds is 6. The summed E-state index contributed by atoms with van der Waals surface area (Å²) in [5.41, 5.74) is 3.60. The zero-order valence-corrected chi connectivity index (χ0v) is 19.3. The molecular formula is C22H27IN4O3. The number of carbonyl (C=O) groups excluding carboxylic acids is 1. The van der Waals surface area contributed by atoms with Crippen LogP contribution < -0.4 is 20.1 Å². The number of nitrogens with zero attached hydrogens (tertiary/aromatic N) is 2. The Labute approximate surface area is 193 Å². The molecule has 0 fully saturated rings. The number of ether oxygens (including phenoxy) is 2. The zero-order valence-electron chi connectivity index (χ0n) is 17.0. The van der Waals surface area contributed by atoms with Gasteiger partial charge in [0.25, 0.3) is 0 Å². The van der Waals surface area contributed by atoms with Gasteiger partial charge in [-0.05, 0) is 35.2 Å². The highest BCUT2D eigenvalue weighted by molar-refractivity contribution is 14.0. The van der Waals surface area contributed by atoms with Crippen molar-refractivity contribution in [2.75, 3.05) is 20.4 Å².